The highest BCUT2D eigenvalue weighted by Crippen LogP contribution is 2.17. The van der Waals surface area contributed by atoms with Gasteiger partial charge in [0.05, 0.1) is 5.69 Å². The highest BCUT2D eigenvalue weighted by atomic mass is 127. The van der Waals surface area contributed by atoms with Crippen LogP contribution in [0, 0.1) is 3.57 Å². The van der Waals surface area contributed by atoms with Crippen molar-refractivity contribution in [2.24, 2.45) is 0 Å². The number of aliphatic carboxylic acids is 1. The summed E-state index contributed by atoms with van der Waals surface area (Å²) in [4.78, 5) is 23.9. The fraction of sp³-hybridized carbons (Fsp3) is 0.333. The molecule has 0 radical (unpaired) electrons. The smallest absolute Gasteiger partial charge is 0.323 e. The molecule has 0 aliphatic carbocycles. The van der Waals surface area contributed by atoms with E-state index >= 15 is 0 Å². The minimum Gasteiger partial charge on any atom is -0.480 e. The molecular formula is C12H15IN2O3. The van der Waals surface area contributed by atoms with E-state index in [1.165, 1.54) is 4.90 Å². The van der Waals surface area contributed by atoms with Gasteiger partial charge in [0.1, 0.15) is 6.54 Å². The zero-order valence-electron chi connectivity index (χ0n) is 10.0. The van der Waals surface area contributed by atoms with Crippen molar-refractivity contribution in [3.63, 3.8) is 0 Å². The van der Waals surface area contributed by atoms with Crippen molar-refractivity contribution in [3.05, 3.63) is 27.8 Å². The van der Waals surface area contributed by atoms with Crippen LogP contribution in [0.1, 0.15) is 13.3 Å². The van der Waals surface area contributed by atoms with Gasteiger partial charge in [-0.3, -0.25) is 4.79 Å². The van der Waals surface area contributed by atoms with Gasteiger partial charge in [-0.05, 0) is 41.1 Å². The Morgan fingerprint density at radius 2 is 2.06 bits per heavy atom. The van der Waals surface area contributed by atoms with Gasteiger partial charge in [-0.15, -0.1) is 0 Å². The molecule has 2 amide bonds. The summed E-state index contributed by atoms with van der Waals surface area (Å²) in [5.41, 5.74) is 0.689. The van der Waals surface area contributed by atoms with Crippen LogP contribution >= 0.6 is 22.6 Å². The second kappa shape index (κ2) is 7.20. The summed E-state index contributed by atoms with van der Waals surface area (Å²) in [6.07, 6.45) is 0.715. The van der Waals surface area contributed by atoms with E-state index in [4.69, 9.17) is 5.11 Å². The Balaban J connectivity index is 2.72. The van der Waals surface area contributed by atoms with E-state index in [0.717, 1.165) is 3.57 Å². The van der Waals surface area contributed by atoms with Gasteiger partial charge < -0.3 is 15.3 Å². The van der Waals surface area contributed by atoms with Gasteiger partial charge in [0.15, 0.2) is 0 Å². The highest BCUT2D eigenvalue weighted by Gasteiger charge is 2.16. The lowest BCUT2D eigenvalue weighted by molar-refractivity contribution is -0.137. The Bertz CT molecular complexity index is 437. The van der Waals surface area contributed by atoms with Gasteiger partial charge in [0, 0.05) is 10.1 Å². The summed E-state index contributed by atoms with van der Waals surface area (Å²) >= 11 is 2.11. The van der Waals surface area contributed by atoms with Gasteiger partial charge in [-0.25, -0.2) is 4.79 Å². The maximum atomic E-state index is 11.9. The van der Waals surface area contributed by atoms with Crippen LogP contribution in [-0.2, 0) is 4.79 Å². The number of carbonyl (C=O) groups excluding carboxylic acids is 1. The Kier molecular flexibility index (Phi) is 5.90. The first-order valence-electron chi connectivity index (χ1n) is 5.56. The zero-order chi connectivity index (χ0) is 13.5. The average Bonchev–Trinajstić information content (AvgIpc) is 2.31. The second-order valence-corrected chi connectivity index (χ2v) is 4.89. The van der Waals surface area contributed by atoms with E-state index in [-0.39, 0.29) is 12.6 Å². The number of halogens is 1. The number of carboxylic acids is 1. The number of nitrogens with one attached hydrogen (secondary N) is 1. The van der Waals surface area contributed by atoms with Gasteiger partial charge in [0.2, 0.25) is 0 Å². The molecule has 0 aliphatic rings. The van der Waals surface area contributed by atoms with E-state index < -0.39 is 5.97 Å². The van der Waals surface area contributed by atoms with Crippen molar-refractivity contribution in [1.82, 2.24) is 4.90 Å². The fourth-order valence-electron chi connectivity index (χ4n) is 1.44. The number of hydrogen-bond acceptors (Lipinski definition) is 2. The number of anilines is 1. The molecule has 1 aromatic carbocycles. The van der Waals surface area contributed by atoms with Crippen molar-refractivity contribution in [1.29, 1.82) is 0 Å². The summed E-state index contributed by atoms with van der Waals surface area (Å²) < 4.78 is 0.912. The first-order chi connectivity index (χ1) is 8.54. The first-order valence-corrected chi connectivity index (χ1v) is 6.64. The zero-order valence-corrected chi connectivity index (χ0v) is 12.2. The quantitative estimate of drug-likeness (QED) is 0.792. The van der Waals surface area contributed by atoms with E-state index in [1.54, 1.807) is 6.07 Å². The molecule has 0 aliphatic heterocycles. The van der Waals surface area contributed by atoms with E-state index in [1.807, 2.05) is 25.1 Å². The monoisotopic (exact) mass is 362 g/mol. The molecule has 5 nitrogen and oxygen atoms in total. The maximum absolute atomic E-state index is 11.9. The minimum atomic E-state index is -1.01. The van der Waals surface area contributed by atoms with Crippen LogP contribution in [0.15, 0.2) is 24.3 Å². The molecule has 6 heteroatoms. The van der Waals surface area contributed by atoms with Crippen LogP contribution in [0.2, 0.25) is 0 Å². The third kappa shape index (κ3) is 4.52. The van der Waals surface area contributed by atoms with Crippen LogP contribution < -0.4 is 5.32 Å². The molecular weight excluding hydrogens is 347 g/mol. The van der Waals surface area contributed by atoms with Crippen molar-refractivity contribution in [3.8, 4) is 0 Å². The molecule has 0 saturated heterocycles. The molecule has 0 heterocycles. The van der Waals surface area contributed by atoms with Crippen LogP contribution in [0.4, 0.5) is 10.5 Å². The average molecular weight is 362 g/mol. The summed E-state index contributed by atoms with van der Waals surface area (Å²) in [5, 5.41) is 11.5. The molecule has 18 heavy (non-hydrogen) atoms. The van der Waals surface area contributed by atoms with Crippen LogP contribution in [0.25, 0.3) is 0 Å². The van der Waals surface area contributed by atoms with Crippen molar-refractivity contribution in [2.75, 3.05) is 18.4 Å². The van der Waals surface area contributed by atoms with Crippen molar-refractivity contribution >= 4 is 40.3 Å². The lowest BCUT2D eigenvalue weighted by Crippen LogP contribution is -2.39. The van der Waals surface area contributed by atoms with Gasteiger partial charge in [-0.1, -0.05) is 19.1 Å². The molecule has 0 unspecified atom stereocenters. The summed E-state index contributed by atoms with van der Waals surface area (Å²) in [6.45, 7) is 2.03. The molecule has 0 spiro atoms. The number of rotatable bonds is 5. The predicted molar refractivity (Wildman–Crippen MR) is 77.7 cm³/mol. The molecule has 0 atom stereocenters. The van der Waals surface area contributed by atoms with Gasteiger partial charge >= 0.3 is 12.0 Å². The maximum Gasteiger partial charge on any atom is 0.323 e. The van der Waals surface area contributed by atoms with Crippen LogP contribution in [0.5, 0.6) is 0 Å². The van der Waals surface area contributed by atoms with E-state index in [2.05, 4.69) is 27.9 Å². The topological polar surface area (TPSA) is 69.6 Å². The van der Waals surface area contributed by atoms with Gasteiger partial charge in [-0.2, -0.15) is 0 Å². The summed E-state index contributed by atoms with van der Waals surface area (Å²) in [6, 6.07) is 6.96. The molecule has 98 valence electrons. The van der Waals surface area contributed by atoms with Crippen LogP contribution in [0.3, 0.4) is 0 Å². The van der Waals surface area contributed by atoms with E-state index in [9.17, 15) is 9.59 Å². The Hall–Kier alpha value is -1.31. The Morgan fingerprint density at radius 3 is 2.61 bits per heavy atom. The predicted octanol–water partition coefficient (Wildman–Crippen LogP) is 2.62. The largest absolute Gasteiger partial charge is 0.480 e. The normalized spacial score (nSPS) is 9.89. The third-order valence-electron chi connectivity index (χ3n) is 2.22. The fourth-order valence-corrected chi connectivity index (χ4v) is 1.96. The number of carbonyl (C=O) groups is 2. The van der Waals surface area contributed by atoms with Crippen molar-refractivity contribution in [2.45, 2.75) is 13.3 Å². The SMILES string of the molecule is CCCN(CC(=O)O)C(=O)Nc1ccccc1I. The van der Waals surface area contributed by atoms with Gasteiger partial charge in [0.25, 0.3) is 0 Å². The van der Waals surface area contributed by atoms with Crippen LogP contribution in [-0.4, -0.2) is 35.1 Å². The number of urea groups is 1. The summed E-state index contributed by atoms with van der Waals surface area (Å²) in [7, 11) is 0. The lowest BCUT2D eigenvalue weighted by atomic mass is 10.3. The third-order valence-corrected chi connectivity index (χ3v) is 3.16. The second-order valence-electron chi connectivity index (χ2n) is 3.73. The summed E-state index contributed by atoms with van der Waals surface area (Å²) in [5.74, 6) is -1.01. The molecule has 0 aromatic heterocycles. The van der Waals surface area contributed by atoms with Crippen molar-refractivity contribution < 1.29 is 14.7 Å². The van der Waals surface area contributed by atoms with E-state index in [0.29, 0.717) is 18.7 Å². The minimum absolute atomic E-state index is 0.289. The number of amides is 2. The number of benzene rings is 1. The number of carboxylic acid groups (broad SMARTS) is 1. The molecule has 2 N–H and O–H groups in total. The Morgan fingerprint density at radius 1 is 1.39 bits per heavy atom. The molecule has 0 fully saturated rings. The number of nitrogens with zero attached hydrogens (tertiary/aromatic N) is 1. The first kappa shape index (κ1) is 14.7. The number of para-hydroxylation sites is 1. The Labute approximate surface area is 119 Å². The lowest BCUT2D eigenvalue weighted by Gasteiger charge is -2.20. The molecule has 0 saturated carbocycles. The molecule has 0 bridgehead atoms. The number of hydrogen-bond donors (Lipinski definition) is 2. The standard InChI is InChI=1S/C12H15IN2O3/c1-2-7-15(8-11(16)17)12(18)14-10-6-4-3-5-9(10)13/h3-6H,2,7-8H2,1H3,(H,14,18)(H,16,17). The highest BCUT2D eigenvalue weighted by molar-refractivity contribution is 14.1. The molecule has 1 aromatic rings. The molecule has 1 rings (SSSR count).